The van der Waals surface area contributed by atoms with Crippen LogP contribution in [0.15, 0.2) is 6.20 Å². The predicted molar refractivity (Wildman–Crippen MR) is 64.3 cm³/mol. The van der Waals surface area contributed by atoms with Gasteiger partial charge in [0.15, 0.2) is 0 Å². The van der Waals surface area contributed by atoms with E-state index in [4.69, 9.17) is 5.11 Å². The van der Waals surface area contributed by atoms with Gasteiger partial charge >= 0.3 is 0 Å². The first kappa shape index (κ1) is 14.1. The molecule has 6 nitrogen and oxygen atoms in total. The number of rotatable bonds is 8. The van der Waals surface area contributed by atoms with Crippen molar-refractivity contribution in [2.45, 2.75) is 45.3 Å². The van der Waals surface area contributed by atoms with Crippen molar-refractivity contribution in [3.63, 3.8) is 0 Å². The summed E-state index contributed by atoms with van der Waals surface area (Å²) in [6.45, 7) is 5.31. The molecule has 0 fully saturated rings. The lowest BCUT2D eigenvalue weighted by Crippen LogP contribution is -2.47. The van der Waals surface area contributed by atoms with Crippen LogP contribution in [0.1, 0.15) is 32.4 Å². The van der Waals surface area contributed by atoms with E-state index in [-0.39, 0.29) is 18.8 Å². The summed E-state index contributed by atoms with van der Waals surface area (Å²) in [7, 11) is 0. The van der Waals surface area contributed by atoms with Gasteiger partial charge in [-0.3, -0.25) is 0 Å². The van der Waals surface area contributed by atoms with Crippen LogP contribution in [-0.4, -0.2) is 44.0 Å². The van der Waals surface area contributed by atoms with Gasteiger partial charge in [0, 0.05) is 18.3 Å². The van der Waals surface area contributed by atoms with Gasteiger partial charge in [-0.25, -0.2) is 4.68 Å². The van der Waals surface area contributed by atoms with Crippen molar-refractivity contribution < 1.29 is 10.2 Å². The second kappa shape index (κ2) is 6.68. The molecule has 0 aliphatic rings. The molecule has 0 saturated heterocycles. The monoisotopic (exact) mass is 242 g/mol. The van der Waals surface area contributed by atoms with Gasteiger partial charge in [-0.15, -0.1) is 5.10 Å². The maximum Gasteiger partial charge on any atom is 0.0965 e. The number of hydrogen-bond acceptors (Lipinski definition) is 5. The molecule has 1 aromatic rings. The molecule has 0 saturated carbocycles. The van der Waals surface area contributed by atoms with Crippen molar-refractivity contribution in [3.8, 4) is 0 Å². The SMILES string of the molecule is CCC(CC)(CO)NCc1cn(CCO)nn1. The molecule has 0 bridgehead atoms. The van der Waals surface area contributed by atoms with Gasteiger partial charge in [0.2, 0.25) is 0 Å². The Balaban J connectivity index is 2.53. The van der Waals surface area contributed by atoms with Gasteiger partial charge < -0.3 is 15.5 Å². The van der Waals surface area contributed by atoms with Crippen LogP contribution in [0.25, 0.3) is 0 Å². The first-order chi connectivity index (χ1) is 8.19. The molecular weight excluding hydrogens is 220 g/mol. The van der Waals surface area contributed by atoms with E-state index in [1.807, 2.05) is 0 Å². The van der Waals surface area contributed by atoms with Gasteiger partial charge in [0.05, 0.1) is 25.5 Å². The van der Waals surface area contributed by atoms with Gasteiger partial charge in [-0.05, 0) is 12.8 Å². The Bertz CT molecular complexity index is 315. The molecular formula is C11H22N4O2. The largest absolute Gasteiger partial charge is 0.394 e. The summed E-state index contributed by atoms with van der Waals surface area (Å²) >= 11 is 0. The van der Waals surface area contributed by atoms with Crippen LogP contribution in [0.2, 0.25) is 0 Å². The van der Waals surface area contributed by atoms with Gasteiger partial charge in [0.1, 0.15) is 0 Å². The fraction of sp³-hybridized carbons (Fsp3) is 0.818. The van der Waals surface area contributed by atoms with E-state index in [2.05, 4.69) is 29.5 Å². The minimum Gasteiger partial charge on any atom is -0.394 e. The lowest BCUT2D eigenvalue weighted by molar-refractivity contribution is 0.149. The predicted octanol–water partition coefficient (Wildman–Crippen LogP) is -0.0889. The van der Waals surface area contributed by atoms with Crippen molar-refractivity contribution >= 4 is 0 Å². The van der Waals surface area contributed by atoms with E-state index < -0.39 is 0 Å². The average molecular weight is 242 g/mol. The van der Waals surface area contributed by atoms with Crippen molar-refractivity contribution in [1.82, 2.24) is 20.3 Å². The minimum atomic E-state index is -0.235. The molecule has 0 atom stereocenters. The Hall–Kier alpha value is -0.980. The zero-order valence-corrected chi connectivity index (χ0v) is 10.6. The molecule has 0 aliphatic carbocycles. The van der Waals surface area contributed by atoms with E-state index in [0.717, 1.165) is 18.5 Å². The Kier molecular flexibility index (Phi) is 5.54. The number of nitrogens with zero attached hydrogens (tertiary/aromatic N) is 3. The topological polar surface area (TPSA) is 83.2 Å². The second-order valence-electron chi connectivity index (χ2n) is 4.20. The second-order valence-corrected chi connectivity index (χ2v) is 4.20. The highest BCUT2D eigenvalue weighted by Gasteiger charge is 2.24. The zero-order chi connectivity index (χ0) is 12.7. The molecule has 1 rings (SSSR count). The van der Waals surface area contributed by atoms with Crippen LogP contribution < -0.4 is 5.32 Å². The summed E-state index contributed by atoms with van der Waals surface area (Å²) < 4.78 is 1.61. The van der Waals surface area contributed by atoms with Crippen molar-refractivity contribution in [1.29, 1.82) is 0 Å². The van der Waals surface area contributed by atoms with Crippen molar-refractivity contribution in [2.24, 2.45) is 0 Å². The Morgan fingerprint density at radius 1 is 1.35 bits per heavy atom. The molecule has 0 amide bonds. The standard InChI is InChI=1S/C11H22N4O2/c1-3-11(4-2,9-17)12-7-10-8-15(5-6-16)14-13-10/h8,12,16-17H,3-7,9H2,1-2H3. The molecule has 0 aliphatic heterocycles. The number of hydrogen-bond donors (Lipinski definition) is 3. The first-order valence-corrected chi connectivity index (χ1v) is 6.05. The highest BCUT2D eigenvalue weighted by atomic mass is 16.3. The summed E-state index contributed by atoms with van der Waals surface area (Å²) in [5.41, 5.74) is 0.582. The molecule has 1 aromatic heterocycles. The number of aliphatic hydroxyl groups is 2. The van der Waals surface area contributed by atoms with Gasteiger partial charge in [-0.2, -0.15) is 0 Å². The maximum absolute atomic E-state index is 9.41. The Labute approximate surface area is 102 Å². The summed E-state index contributed by atoms with van der Waals surface area (Å²) in [5.74, 6) is 0. The van der Waals surface area contributed by atoms with E-state index in [1.54, 1.807) is 10.9 Å². The number of nitrogens with one attached hydrogen (secondary N) is 1. The fourth-order valence-corrected chi connectivity index (χ4v) is 1.69. The van der Waals surface area contributed by atoms with Crippen LogP contribution >= 0.6 is 0 Å². The molecule has 0 unspecified atom stereocenters. The van der Waals surface area contributed by atoms with Crippen molar-refractivity contribution in [3.05, 3.63) is 11.9 Å². The third-order valence-corrected chi connectivity index (χ3v) is 3.22. The lowest BCUT2D eigenvalue weighted by atomic mass is 9.94. The molecule has 0 aromatic carbocycles. The maximum atomic E-state index is 9.41. The first-order valence-electron chi connectivity index (χ1n) is 6.05. The quantitative estimate of drug-likeness (QED) is 0.593. The van der Waals surface area contributed by atoms with E-state index in [9.17, 15) is 5.11 Å². The smallest absolute Gasteiger partial charge is 0.0965 e. The van der Waals surface area contributed by atoms with Crippen LogP contribution in [-0.2, 0) is 13.1 Å². The minimum absolute atomic E-state index is 0.0563. The average Bonchev–Trinajstić information content (AvgIpc) is 2.80. The summed E-state index contributed by atoms with van der Waals surface area (Å²) in [4.78, 5) is 0. The van der Waals surface area contributed by atoms with E-state index in [1.165, 1.54) is 0 Å². The Morgan fingerprint density at radius 2 is 2.06 bits per heavy atom. The summed E-state index contributed by atoms with van der Waals surface area (Å²) in [6, 6.07) is 0. The normalized spacial score (nSPS) is 12.0. The molecule has 0 spiro atoms. The third kappa shape index (κ3) is 3.76. The summed E-state index contributed by atoms with van der Waals surface area (Å²) in [6.07, 6.45) is 3.53. The highest BCUT2D eigenvalue weighted by Crippen LogP contribution is 2.14. The molecule has 17 heavy (non-hydrogen) atoms. The van der Waals surface area contributed by atoms with Gasteiger partial charge in [-0.1, -0.05) is 19.1 Å². The summed E-state index contributed by atoms with van der Waals surface area (Å²) in [5, 5.41) is 29.4. The lowest BCUT2D eigenvalue weighted by Gasteiger charge is -2.30. The molecule has 0 radical (unpaired) electrons. The Morgan fingerprint density at radius 3 is 2.59 bits per heavy atom. The van der Waals surface area contributed by atoms with Gasteiger partial charge in [0.25, 0.3) is 0 Å². The van der Waals surface area contributed by atoms with Crippen molar-refractivity contribution in [2.75, 3.05) is 13.2 Å². The highest BCUT2D eigenvalue weighted by molar-refractivity contribution is 4.95. The van der Waals surface area contributed by atoms with E-state index in [0.29, 0.717) is 13.1 Å². The van der Waals surface area contributed by atoms with Crippen LogP contribution in [0, 0.1) is 0 Å². The zero-order valence-electron chi connectivity index (χ0n) is 10.6. The number of aliphatic hydroxyl groups excluding tert-OH is 2. The fourth-order valence-electron chi connectivity index (χ4n) is 1.69. The molecule has 1 heterocycles. The molecule has 6 heteroatoms. The molecule has 3 N–H and O–H groups in total. The number of aromatic nitrogens is 3. The van der Waals surface area contributed by atoms with Crippen LogP contribution in [0.4, 0.5) is 0 Å². The van der Waals surface area contributed by atoms with Crippen LogP contribution in [0.3, 0.4) is 0 Å². The molecule has 98 valence electrons. The third-order valence-electron chi connectivity index (χ3n) is 3.22. The van der Waals surface area contributed by atoms with Crippen LogP contribution in [0.5, 0.6) is 0 Å². The van der Waals surface area contributed by atoms with E-state index >= 15 is 0 Å².